The fraction of sp³-hybridized carbons (Fsp3) is 0.182. The quantitative estimate of drug-likeness (QED) is 0.870. The molecule has 0 saturated carbocycles. The minimum Gasteiger partial charge on any atom is -0.481 e. The molecule has 0 spiro atoms. The van der Waals surface area contributed by atoms with Gasteiger partial charge in [-0.2, -0.15) is 0 Å². The zero-order chi connectivity index (χ0) is 10.8. The van der Waals surface area contributed by atoms with E-state index in [1.54, 1.807) is 12.1 Å². The lowest BCUT2D eigenvalue weighted by atomic mass is 10.2. The summed E-state index contributed by atoms with van der Waals surface area (Å²) in [7, 11) is 0. The Kier molecular flexibility index (Phi) is 2.68. The molecule has 15 heavy (non-hydrogen) atoms. The van der Waals surface area contributed by atoms with Crippen molar-refractivity contribution in [3.8, 4) is 0 Å². The van der Waals surface area contributed by atoms with Gasteiger partial charge in [-0.25, -0.2) is 4.39 Å². The number of aliphatic carboxylic acids is 1. The zero-order valence-electron chi connectivity index (χ0n) is 7.87. The van der Waals surface area contributed by atoms with E-state index >= 15 is 0 Å². The van der Waals surface area contributed by atoms with Crippen LogP contribution in [0.4, 0.5) is 4.39 Å². The van der Waals surface area contributed by atoms with Gasteiger partial charge in [0.15, 0.2) is 0 Å². The zero-order valence-corrected chi connectivity index (χ0v) is 8.68. The smallest absolute Gasteiger partial charge is 0.303 e. The van der Waals surface area contributed by atoms with Gasteiger partial charge < -0.3 is 5.11 Å². The summed E-state index contributed by atoms with van der Waals surface area (Å²) in [5, 5.41) is 9.12. The van der Waals surface area contributed by atoms with Gasteiger partial charge in [-0.3, -0.25) is 4.79 Å². The van der Waals surface area contributed by atoms with Crippen molar-refractivity contribution in [2.75, 3.05) is 0 Å². The first-order chi connectivity index (χ1) is 7.16. The molecule has 0 aliphatic carbocycles. The van der Waals surface area contributed by atoms with Crippen LogP contribution in [0.2, 0.25) is 0 Å². The topological polar surface area (TPSA) is 37.3 Å². The van der Waals surface area contributed by atoms with E-state index in [9.17, 15) is 9.18 Å². The Morgan fingerprint density at radius 2 is 2.27 bits per heavy atom. The number of hydrogen-bond acceptors (Lipinski definition) is 2. The molecule has 2 rings (SSSR count). The van der Waals surface area contributed by atoms with Crippen LogP contribution in [0.5, 0.6) is 0 Å². The van der Waals surface area contributed by atoms with Crippen LogP contribution in [0, 0.1) is 5.82 Å². The average molecular weight is 224 g/mol. The molecule has 0 fully saturated rings. The maximum atomic E-state index is 13.3. The van der Waals surface area contributed by atoms with E-state index in [1.807, 2.05) is 6.07 Å². The Morgan fingerprint density at radius 1 is 1.47 bits per heavy atom. The monoisotopic (exact) mass is 224 g/mol. The van der Waals surface area contributed by atoms with Gasteiger partial charge in [0.2, 0.25) is 0 Å². The van der Waals surface area contributed by atoms with Crippen LogP contribution in [0.25, 0.3) is 10.1 Å². The molecule has 0 unspecified atom stereocenters. The molecule has 2 nitrogen and oxygen atoms in total. The molecule has 0 aliphatic rings. The highest BCUT2D eigenvalue weighted by molar-refractivity contribution is 7.19. The predicted octanol–water partition coefficient (Wildman–Crippen LogP) is 3.06. The number of carboxylic acids is 1. The fourth-order valence-corrected chi connectivity index (χ4v) is 2.51. The number of aryl methyl sites for hydroxylation is 1. The number of benzene rings is 1. The summed E-state index contributed by atoms with van der Waals surface area (Å²) < 4.78 is 14.2. The summed E-state index contributed by atoms with van der Waals surface area (Å²) in [4.78, 5) is 11.3. The lowest BCUT2D eigenvalue weighted by Gasteiger charge is -1.90. The highest BCUT2D eigenvalue weighted by Crippen LogP contribution is 2.28. The largest absolute Gasteiger partial charge is 0.481 e. The maximum Gasteiger partial charge on any atom is 0.303 e. The molecular formula is C11H9FO2S. The molecule has 1 heterocycles. The summed E-state index contributed by atoms with van der Waals surface area (Å²) >= 11 is 1.45. The Labute approximate surface area is 90.0 Å². The highest BCUT2D eigenvalue weighted by atomic mass is 32.1. The van der Waals surface area contributed by atoms with Crippen LogP contribution in [0.1, 0.15) is 11.3 Å². The first kappa shape index (κ1) is 10.1. The summed E-state index contributed by atoms with van der Waals surface area (Å²) in [6.07, 6.45) is 0.558. The van der Waals surface area contributed by atoms with E-state index in [0.717, 1.165) is 9.58 Å². The van der Waals surface area contributed by atoms with E-state index in [0.29, 0.717) is 11.8 Å². The number of thiophene rings is 1. The third kappa shape index (κ3) is 2.15. The molecular weight excluding hydrogens is 215 g/mol. The Hall–Kier alpha value is -1.42. The Balaban J connectivity index is 2.31. The van der Waals surface area contributed by atoms with Crippen molar-refractivity contribution >= 4 is 27.4 Å². The Morgan fingerprint density at radius 3 is 2.93 bits per heavy atom. The summed E-state index contributed by atoms with van der Waals surface area (Å²) in [5.41, 5.74) is 0. The van der Waals surface area contributed by atoms with Crippen molar-refractivity contribution in [3.05, 3.63) is 35.0 Å². The minimum atomic E-state index is -0.826. The van der Waals surface area contributed by atoms with Crippen LogP contribution in [0.3, 0.4) is 0 Å². The summed E-state index contributed by atoms with van der Waals surface area (Å²) in [6, 6.07) is 6.65. The summed E-state index contributed by atoms with van der Waals surface area (Å²) in [5.74, 6) is -1.07. The fourth-order valence-electron chi connectivity index (χ4n) is 1.43. The van der Waals surface area contributed by atoms with Gasteiger partial charge in [-0.15, -0.1) is 11.3 Å². The molecule has 0 amide bonds. The van der Waals surface area contributed by atoms with E-state index < -0.39 is 5.97 Å². The van der Waals surface area contributed by atoms with Gasteiger partial charge in [-0.05, 0) is 24.6 Å². The Bertz CT molecular complexity index is 504. The van der Waals surface area contributed by atoms with Gasteiger partial charge in [0.05, 0.1) is 6.42 Å². The van der Waals surface area contributed by atoms with Crippen LogP contribution in [-0.4, -0.2) is 11.1 Å². The molecule has 1 aromatic heterocycles. The maximum absolute atomic E-state index is 13.3. The van der Waals surface area contributed by atoms with Crippen LogP contribution >= 0.6 is 11.3 Å². The second kappa shape index (κ2) is 3.98. The number of carboxylic acid groups (broad SMARTS) is 1. The van der Waals surface area contributed by atoms with Crippen LogP contribution in [0.15, 0.2) is 24.3 Å². The third-order valence-corrected chi connectivity index (χ3v) is 3.30. The normalized spacial score (nSPS) is 10.7. The van der Waals surface area contributed by atoms with Gasteiger partial charge in [0.25, 0.3) is 0 Å². The molecule has 2 aromatic rings. The molecule has 1 N–H and O–H groups in total. The number of hydrogen-bond donors (Lipinski definition) is 1. The first-order valence-electron chi connectivity index (χ1n) is 4.55. The van der Waals surface area contributed by atoms with Gasteiger partial charge >= 0.3 is 5.97 Å². The van der Waals surface area contributed by atoms with Gasteiger partial charge in [0, 0.05) is 15.0 Å². The lowest BCUT2D eigenvalue weighted by Crippen LogP contribution is -1.95. The van der Waals surface area contributed by atoms with E-state index in [4.69, 9.17) is 5.11 Å². The number of rotatable bonds is 3. The number of fused-ring (bicyclic) bond motifs is 1. The molecule has 1 aromatic carbocycles. The summed E-state index contributed by atoms with van der Waals surface area (Å²) in [6.45, 7) is 0. The van der Waals surface area contributed by atoms with Crippen molar-refractivity contribution in [1.82, 2.24) is 0 Å². The third-order valence-electron chi connectivity index (χ3n) is 2.14. The number of carbonyl (C=O) groups is 1. The van der Waals surface area contributed by atoms with Crippen molar-refractivity contribution in [3.63, 3.8) is 0 Å². The molecule has 4 heteroatoms. The second-order valence-electron chi connectivity index (χ2n) is 3.26. The second-order valence-corrected chi connectivity index (χ2v) is 4.43. The van der Waals surface area contributed by atoms with Crippen molar-refractivity contribution in [2.45, 2.75) is 12.8 Å². The SMILES string of the molecule is O=C(O)CCc1cc2c(F)cccc2s1. The number of halogens is 1. The molecule has 0 bridgehead atoms. The minimum absolute atomic E-state index is 0.0917. The van der Waals surface area contributed by atoms with Crippen molar-refractivity contribution in [2.24, 2.45) is 0 Å². The van der Waals surface area contributed by atoms with Crippen molar-refractivity contribution in [1.29, 1.82) is 0 Å². The average Bonchev–Trinajstić information content (AvgIpc) is 2.59. The predicted molar refractivity (Wildman–Crippen MR) is 57.7 cm³/mol. The first-order valence-corrected chi connectivity index (χ1v) is 5.37. The van der Waals surface area contributed by atoms with E-state index in [-0.39, 0.29) is 12.2 Å². The lowest BCUT2D eigenvalue weighted by molar-refractivity contribution is -0.136. The van der Waals surface area contributed by atoms with E-state index in [2.05, 4.69) is 0 Å². The molecule has 78 valence electrons. The van der Waals surface area contributed by atoms with E-state index in [1.165, 1.54) is 17.4 Å². The molecule has 0 atom stereocenters. The standard InChI is InChI=1S/C11H9FO2S/c12-9-2-1-3-10-8(9)6-7(15-10)4-5-11(13)14/h1-3,6H,4-5H2,(H,13,14). The van der Waals surface area contributed by atoms with Crippen LogP contribution in [-0.2, 0) is 11.2 Å². The van der Waals surface area contributed by atoms with Gasteiger partial charge in [-0.1, -0.05) is 6.07 Å². The molecule has 0 aliphatic heterocycles. The highest BCUT2D eigenvalue weighted by Gasteiger charge is 2.06. The van der Waals surface area contributed by atoms with Crippen LogP contribution < -0.4 is 0 Å². The van der Waals surface area contributed by atoms with Gasteiger partial charge in [0.1, 0.15) is 5.82 Å². The molecule has 0 radical (unpaired) electrons. The molecule has 0 saturated heterocycles. The van der Waals surface area contributed by atoms with Crippen molar-refractivity contribution < 1.29 is 14.3 Å².